The molecule has 19 heavy (non-hydrogen) atoms. The standard InChI is InChI=1S/C15H18BrNO2/c16-14-3-1-2-12-8-17(7-6-13(12)14)15(18)10-19-9-11-4-5-11/h1-3,11H,4-10H2. The molecule has 2 aliphatic rings. The smallest absolute Gasteiger partial charge is 0.248 e. The molecule has 0 radical (unpaired) electrons. The Balaban J connectivity index is 1.56. The Labute approximate surface area is 122 Å². The number of hydrogen-bond acceptors (Lipinski definition) is 2. The first-order valence-corrected chi connectivity index (χ1v) is 7.65. The first-order chi connectivity index (χ1) is 9.24. The SMILES string of the molecule is O=C(COCC1CC1)N1CCc2c(Br)cccc2C1. The van der Waals surface area contributed by atoms with E-state index in [2.05, 4.69) is 28.1 Å². The van der Waals surface area contributed by atoms with E-state index in [9.17, 15) is 4.79 Å². The lowest BCUT2D eigenvalue weighted by Gasteiger charge is -2.29. The number of hydrogen-bond donors (Lipinski definition) is 0. The quantitative estimate of drug-likeness (QED) is 0.852. The van der Waals surface area contributed by atoms with Crippen LogP contribution in [0.3, 0.4) is 0 Å². The van der Waals surface area contributed by atoms with Gasteiger partial charge in [-0.25, -0.2) is 0 Å². The third-order valence-electron chi connectivity index (χ3n) is 3.84. The summed E-state index contributed by atoms with van der Waals surface area (Å²) in [6.07, 6.45) is 3.45. The Morgan fingerprint density at radius 1 is 1.42 bits per heavy atom. The summed E-state index contributed by atoms with van der Waals surface area (Å²) in [6, 6.07) is 6.19. The highest BCUT2D eigenvalue weighted by Crippen LogP contribution is 2.29. The van der Waals surface area contributed by atoms with Crippen molar-refractivity contribution in [2.24, 2.45) is 5.92 Å². The molecule has 1 saturated carbocycles. The molecule has 0 aromatic heterocycles. The molecule has 1 aromatic carbocycles. The van der Waals surface area contributed by atoms with Gasteiger partial charge in [0.2, 0.25) is 5.91 Å². The zero-order valence-corrected chi connectivity index (χ0v) is 12.5. The lowest BCUT2D eigenvalue weighted by Crippen LogP contribution is -2.38. The van der Waals surface area contributed by atoms with Gasteiger partial charge in [-0.2, -0.15) is 0 Å². The summed E-state index contributed by atoms with van der Waals surface area (Å²) in [5.41, 5.74) is 2.58. The maximum Gasteiger partial charge on any atom is 0.248 e. The Hall–Kier alpha value is -0.870. The van der Waals surface area contributed by atoms with Gasteiger partial charge in [-0.05, 0) is 42.4 Å². The maximum absolute atomic E-state index is 12.1. The Morgan fingerprint density at radius 3 is 3.05 bits per heavy atom. The molecule has 1 amide bonds. The average molecular weight is 324 g/mol. The highest BCUT2D eigenvalue weighted by Gasteiger charge is 2.24. The summed E-state index contributed by atoms with van der Waals surface area (Å²) in [4.78, 5) is 14.0. The lowest BCUT2D eigenvalue weighted by atomic mass is 10.00. The zero-order valence-electron chi connectivity index (χ0n) is 10.9. The third-order valence-corrected chi connectivity index (χ3v) is 4.58. The fourth-order valence-corrected chi connectivity index (χ4v) is 3.07. The average Bonchev–Trinajstić information content (AvgIpc) is 3.23. The van der Waals surface area contributed by atoms with Crippen LogP contribution in [0.5, 0.6) is 0 Å². The molecule has 1 heterocycles. The van der Waals surface area contributed by atoms with Crippen LogP contribution in [0.2, 0.25) is 0 Å². The molecule has 1 aromatic rings. The topological polar surface area (TPSA) is 29.5 Å². The first-order valence-electron chi connectivity index (χ1n) is 6.86. The molecule has 3 nitrogen and oxygen atoms in total. The molecule has 1 aliphatic heterocycles. The molecule has 0 atom stereocenters. The number of halogens is 1. The normalized spacial score (nSPS) is 18.3. The van der Waals surface area contributed by atoms with E-state index in [4.69, 9.17) is 4.74 Å². The lowest BCUT2D eigenvalue weighted by molar-refractivity contribution is -0.137. The highest BCUT2D eigenvalue weighted by molar-refractivity contribution is 9.10. The van der Waals surface area contributed by atoms with E-state index in [0.717, 1.165) is 24.0 Å². The molecule has 1 aliphatic carbocycles. The summed E-state index contributed by atoms with van der Waals surface area (Å²) in [5, 5.41) is 0. The number of carbonyl (C=O) groups excluding carboxylic acids is 1. The minimum Gasteiger partial charge on any atom is -0.371 e. The van der Waals surface area contributed by atoms with E-state index in [1.807, 2.05) is 11.0 Å². The van der Waals surface area contributed by atoms with E-state index in [0.29, 0.717) is 12.5 Å². The van der Waals surface area contributed by atoms with E-state index >= 15 is 0 Å². The molecule has 3 rings (SSSR count). The van der Waals surface area contributed by atoms with Gasteiger partial charge in [-0.1, -0.05) is 28.1 Å². The van der Waals surface area contributed by atoms with Crippen molar-refractivity contribution >= 4 is 21.8 Å². The molecule has 0 bridgehead atoms. The van der Waals surface area contributed by atoms with E-state index in [1.54, 1.807) is 0 Å². The predicted octanol–water partition coefficient (Wildman–Crippen LogP) is 2.76. The van der Waals surface area contributed by atoms with Gasteiger partial charge in [0.15, 0.2) is 0 Å². The van der Waals surface area contributed by atoms with Gasteiger partial charge in [0.05, 0.1) is 6.61 Å². The van der Waals surface area contributed by atoms with Crippen molar-refractivity contribution in [1.29, 1.82) is 0 Å². The van der Waals surface area contributed by atoms with E-state index in [-0.39, 0.29) is 12.5 Å². The summed E-state index contributed by atoms with van der Waals surface area (Å²) in [6.45, 7) is 2.49. The second-order valence-electron chi connectivity index (χ2n) is 5.40. The van der Waals surface area contributed by atoms with Crippen LogP contribution in [-0.2, 0) is 22.5 Å². The molecule has 1 fully saturated rings. The Morgan fingerprint density at radius 2 is 2.26 bits per heavy atom. The van der Waals surface area contributed by atoms with Crippen molar-refractivity contribution in [2.75, 3.05) is 19.8 Å². The van der Waals surface area contributed by atoms with Gasteiger partial charge in [0.25, 0.3) is 0 Å². The zero-order chi connectivity index (χ0) is 13.2. The predicted molar refractivity (Wildman–Crippen MR) is 76.8 cm³/mol. The van der Waals surface area contributed by atoms with Crippen LogP contribution < -0.4 is 0 Å². The number of rotatable bonds is 4. The summed E-state index contributed by atoms with van der Waals surface area (Å²) >= 11 is 3.58. The fourth-order valence-electron chi connectivity index (χ4n) is 2.46. The summed E-state index contributed by atoms with van der Waals surface area (Å²) < 4.78 is 6.64. The summed E-state index contributed by atoms with van der Waals surface area (Å²) in [7, 11) is 0. The molecular weight excluding hydrogens is 306 g/mol. The van der Waals surface area contributed by atoms with Gasteiger partial charge >= 0.3 is 0 Å². The number of fused-ring (bicyclic) bond motifs is 1. The number of ether oxygens (including phenoxy) is 1. The maximum atomic E-state index is 12.1. The number of nitrogens with zero attached hydrogens (tertiary/aromatic N) is 1. The Kier molecular flexibility index (Phi) is 3.89. The number of amides is 1. The molecule has 0 N–H and O–H groups in total. The molecule has 0 unspecified atom stereocenters. The molecule has 102 valence electrons. The van der Waals surface area contributed by atoms with Crippen molar-refractivity contribution in [2.45, 2.75) is 25.8 Å². The molecule has 4 heteroatoms. The minimum absolute atomic E-state index is 0.117. The molecule has 0 saturated heterocycles. The van der Waals surface area contributed by atoms with Crippen LogP contribution in [0, 0.1) is 5.92 Å². The van der Waals surface area contributed by atoms with Crippen LogP contribution >= 0.6 is 15.9 Å². The van der Waals surface area contributed by atoms with Crippen LogP contribution in [0.1, 0.15) is 24.0 Å². The Bertz CT molecular complexity index is 485. The van der Waals surface area contributed by atoms with Gasteiger partial charge in [0.1, 0.15) is 6.61 Å². The van der Waals surface area contributed by atoms with Crippen LogP contribution in [0.25, 0.3) is 0 Å². The van der Waals surface area contributed by atoms with E-state index < -0.39 is 0 Å². The van der Waals surface area contributed by atoms with Crippen molar-refractivity contribution in [3.05, 3.63) is 33.8 Å². The second-order valence-corrected chi connectivity index (χ2v) is 6.26. The minimum atomic E-state index is 0.117. The molecular formula is C15H18BrNO2. The number of carbonyl (C=O) groups is 1. The van der Waals surface area contributed by atoms with Crippen LogP contribution in [0.15, 0.2) is 22.7 Å². The van der Waals surface area contributed by atoms with Crippen molar-refractivity contribution in [3.8, 4) is 0 Å². The van der Waals surface area contributed by atoms with Gasteiger partial charge in [-0.3, -0.25) is 4.79 Å². The highest BCUT2D eigenvalue weighted by atomic mass is 79.9. The van der Waals surface area contributed by atoms with Crippen molar-refractivity contribution in [3.63, 3.8) is 0 Å². The van der Waals surface area contributed by atoms with Gasteiger partial charge in [-0.15, -0.1) is 0 Å². The monoisotopic (exact) mass is 323 g/mol. The van der Waals surface area contributed by atoms with Gasteiger partial charge < -0.3 is 9.64 Å². The van der Waals surface area contributed by atoms with Crippen molar-refractivity contribution in [1.82, 2.24) is 4.90 Å². The third kappa shape index (κ3) is 3.18. The largest absolute Gasteiger partial charge is 0.371 e. The second kappa shape index (κ2) is 5.63. The van der Waals surface area contributed by atoms with Gasteiger partial charge in [0, 0.05) is 17.6 Å². The van der Waals surface area contributed by atoms with Crippen LogP contribution in [-0.4, -0.2) is 30.6 Å². The molecule has 0 spiro atoms. The number of benzene rings is 1. The first kappa shape index (κ1) is 13.1. The van der Waals surface area contributed by atoms with E-state index in [1.165, 1.54) is 24.0 Å². The fraction of sp³-hybridized carbons (Fsp3) is 0.533. The van der Waals surface area contributed by atoms with Crippen molar-refractivity contribution < 1.29 is 9.53 Å². The summed E-state index contributed by atoms with van der Waals surface area (Å²) in [5.74, 6) is 0.831. The van der Waals surface area contributed by atoms with Crippen LogP contribution in [0.4, 0.5) is 0 Å².